The normalized spacial score (nSPS) is 11.1. The highest BCUT2D eigenvalue weighted by atomic mass is 32.2. The number of benzene rings is 2. The predicted molar refractivity (Wildman–Crippen MR) is 105 cm³/mol. The number of para-hydroxylation sites is 1. The molecule has 0 bridgehead atoms. The van der Waals surface area contributed by atoms with Gasteiger partial charge in [-0.1, -0.05) is 37.3 Å². The largest absolute Gasteiger partial charge is 0.494 e. The summed E-state index contributed by atoms with van der Waals surface area (Å²) in [6.07, 6.45) is 1.71. The third kappa shape index (κ3) is 7.40. The topological polar surface area (TPSA) is 84.5 Å². The zero-order valence-corrected chi connectivity index (χ0v) is 16.3. The predicted octanol–water partition coefficient (Wildman–Crippen LogP) is 2.50. The maximum atomic E-state index is 11.9. The molecule has 27 heavy (non-hydrogen) atoms. The first kappa shape index (κ1) is 20.9. The smallest absolute Gasteiger partial charge is 0.240 e. The van der Waals surface area contributed by atoms with Gasteiger partial charge >= 0.3 is 0 Å². The molecular formula is C20H26N2O4S. The van der Waals surface area contributed by atoms with Crippen molar-refractivity contribution in [3.05, 3.63) is 60.2 Å². The molecule has 1 amide bonds. The summed E-state index contributed by atoms with van der Waals surface area (Å²) in [5.74, 6) is 0.788. The van der Waals surface area contributed by atoms with Gasteiger partial charge in [-0.2, -0.15) is 0 Å². The van der Waals surface area contributed by atoms with E-state index < -0.39 is 10.0 Å². The number of amides is 1. The minimum atomic E-state index is -3.43. The Morgan fingerprint density at radius 3 is 2.41 bits per heavy atom. The third-order valence-electron chi connectivity index (χ3n) is 3.86. The second kappa shape index (κ2) is 10.7. The van der Waals surface area contributed by atoms with E-state index in [-0.39, 0.29) is 10.8 Å². The van der Waals surface area contributed by atoms with Crippen LogP contribution in [0.2, 0.25) is 0 Å². The average molecular weight is 391 g/mol. The number of rotatable bonds is 11. The SMILES string of the molecule is CCNS(=O)(=O)c1ccc(CCNC(=O)CCCOc2ccccc2)cc1. The molecule has 0 saturated carbocycles. The van der Waals surface area contributed by atoms with E-state index in [9.17, 15) is 13.2 Å². The molecule has 2 aromatic rings. The molecule has 0 aliphatic carbocycles. The molecule has 0 radical (unpaired) electrons. The monoisotopic (exact) mass is 390 g/mol. The van der Waals surface area contributed by atoms with E-state index in [0.717, 1.165) is 11.3 Å². The summed E-state index contributed by atoms with van der Waals surface area (Å²) in [6, 6.07) is 16.2. The molecule has 2 aromatic carbocycles. The van der Waals surface area contributed by atoms with Crippen molar-refractivity contribution < 1.29 is 17.9 Å². The van der Waals surface area contributed by atoms with Crippen LogP contribution in [0.3, 0.4) is 0 Å². The van der Waals surface area contributed by atoms with Crippen LogP contribution in [0.15, 0.2) is 59.5 Å². The zero-order chi connectivity index (χ0) is 19.5. The van der Waals surface area contributed by atoms with Gasteiger partial charge < -0.3 is 10.1 Å². The zero-order valence-electron chi connectivity index (χ0n) is 15.5. The number of carbonyl (C=O) groups is 1. The Bertz CT molecular complexity index is 806. The summed E-state index contributed by atoms with van der Waals surface area (Å²) in [5.41, 5.74) is 0.971. The van der Waals surface area contributed by atoms with Crippen molar-refractivity contribution in [1.82, 2.24) is 10.0 Å². The molecule has 0 spiro atoms. The Morgan fingerprint density at radius 1 is 1.04 bits per heavy atom. The number of nitrogens with one attached hydrogen (secondary N) is 2. The molecule has 0 aliphatic heterocycles. The number of sulfonamides is 1. The van der Waals surface area contributed by atoms with Crippen LogP contribution in [0, 0.1) is 0 Å². The van der Waals surface area contributed by atoms with Crippen molar-refractivity contribution in [1.29, 1.82) is 0 Å². The molecule has 0 saturated heterocycles. The van der Waals surface area contributed by atoms with Crippen LogP contribution >= 0.6 is 0 Å². The van der Waals surface area contributed by atoms with Gasteiger partial charge in [-0.25, -0.2) is 13.1 Å². The number of hydrogen-bond acceptors (Lipinski definition) is 4. The second-order valence-corrected chi connectivity index (χ2v) is 7.78. The molecular weight excluding hydrogens is 364 g/mol. The van der Waals surface area contributed by atoms with Crippen LogP contribution in [0.5, 0.6) is 5.75 Å². The van der Waals surface area contributed by atoms with Gasteiger partial charge in [0.05, 0.1) is 11.5 Å². The van der Waals surface area contributed by atoms with Crippen LogP contribution in [-0.2, 0) is 21.2 Å². The minimum Gasteiger partial charge on any atom is -0.494 e. The lowest BCUT2D eigenvalue weighted by atomic mass is 10.1. The van der Waals surface area contributed by atoms with E-state index in [2.05, 4.69) is 10.0 Å². The molecule has 0 heterocycles. The molecule has 7 heteroatoms. The Labute approximate surface area is 161 Å². The summed E-state index contributed by atoms with van der Waals surface area (Å²) in [5, 5.41) is 2.87. The van der Waals surface area contributed by atoms with E-state index >= 15 is 0 Å². The third-order valence-corrected chi connectivity index (χ3v) is 5.43. The summed E-state index contributed by atoms with van der Waals surface area (Å²) in [4.78, 5) is 12.1. The van der Waals surface area contributed by atoms with Gasteiger partial charge in [-0.15, -0.1) is 0 Å². The maximum absolute atomic E-state index is 11.9. The van der Waals surface area contributed by atoms with Gasteiger partial charge in [0, 0.05) is 19.5 Å². The van der Waals surface area contributed by atoms with Crippen LogP contribution in [-0.4, -0.2) is 34.0 Å². The fraction of sp³-hybridized carbons (Fsp3) is 0.350. The van der Waals surface area contributed by atoms with Crippen LogP contribution in [0.1, 0.15) is 25.3 Å². The number of ether oxygens (including phenoxy) is 1. The number of hydrogen-bond donors (Lipinski definition) is 2. The molecule has 6 nitrogen and oxygen atoms in total. The Morgan fingerprint density at radius 2 is 1.74 bits per heavy atom. The van der Waals surface area contributed by atoms with Crippen molar-refractivity contribution >= 4 is 15.9 Å². The van der Waals surface area contributed by atoms with E-state index in [1.807, 2.05) is 30.3 Å². The molecule has 0 aliphatic rings. The van der Waals surface area contributed by atoms with Crippen molar-refractivity contribution in [2.24, 2.45) is 0 Å². The highest BCUT2D eigenvalue weighted by Crippen LogP contribution is 2.11. The minimum absolute atomic E-state index is 0.0157. The summed E-state index contributed by atoms with van der Waals surface area (Å²) in [7, 11) is -3.43. The molecule has 0 aromatic heterocycles. The lowest BCUT2D eigenvalue weighted by Crippen LogP contribution is -2.26. The van der Waals surface area contributed by atoms with Crippen LogP contribution in [0.25, 0.3) is 0 Å². The van der Waals surface area contributed by atoms with E-state index in [4.69, 9.17) is 4.74 Å². The van der Waals surface area contributed by atoms with Gasteiger partial charge in [0.15, 0.2) is 0 Å². The highest BCUT2D eigenvalue weighted by molar-refractivity contribution is 7.89. The van der Waals surface area contributed by atoms with E-state index in [1.165, 1.54) is 0 Å². The lowest BCUT2D eigenvalue weighted by Gasteiger charge is -2.08. The van der Waals surface area contributed by atoms with Crippen molar-refractivity contribution in [2.75, 3.05) is 19.7 Å². The van der Waals surface area contributed by atoms with E-state index in [1.54, 1.807) is 31.2 Å². The quantitative estimate of drug-likeness (QED) is 0.578. The van der Waals surface area contributed by atoms with Crippen LogP contribution < -0.4 is 14.8 Å². The average Bonchev–Trinajstić information content (AvgIpc) is 2.66. The lowest BCUT2D eigenvalue weighted by molar-refractivity contribution is -0.121. The first-order chi connectivity index (χ1) is 13.0. The van der Waals surface area contributed by atoms with Gasteiger partial charge in [0.25, 0.3) is 0 Å². The van der Waals surface area contributed by atoms with Crippen molar-refractivity contribution in [3.63, 3.8) is 0 Å². The first-order valence-corrected chi connectivity index (χ1v) is 10.5. The molecule has 2 N–H and O–H groups in total. The number of carbonyl (C=O) groups excluding carboxylic acids is 1. The summed E-state index contributed by atoms with van der Waals surface area (Å²) in [6.45, 7) is 3.10. The van der Waals surface area contributed by atoms with Crippen molar-refractivity contribution in [3.8, 4) is 5.75 Å². The molecule has 0 atom stereocenters. The molecule has 0 unspecified atom stereocenters. The highest BCUT2D eigenvalue weighted by Gasteiger charge is 2.11. The first-order valence-electron chi connectivity index (χ1n) is 9.04. The molecule has 146 valence electrons. The molecule has 0 fully saturated rings. The second-order valence-electron chi connectivity index (χ2n) is 6.01. The Balaban J connectivity index is 1.64. The van der Waals surface area contributed by atoms with Gasteiger partial charge in [0.2, 0.25) is 15.9 Å². The van der Waals surface area contributed by atoms with Gasteiger partial charge in [-0.3, -0.25) is 4.79 Å². The fourth-order valence-corrected chi connectivity index (χ4v) is 3.52. The van der Waals surface area contributed by atoms with Gasteiger partial charge in [0.1, 0.15) is 5.75 Å². The summed E-state index contributed by atoms with van der Waals surface area (Å²) < 4.78 is 31.8. The Kier molecular flexibility index (Phi) is 8.29. The fourth-order valence-electron chi connectivity index (χ4n) is 2.48. The Hall–Kier alpha value is -2.38. The van der Waals surface area contributed by atoms with E-state index in [0.29, 0.717) is 39.0 Å². The van der Waals surface area contributed by atoms with Crippen LogP contribution in [0.4, 0.5) is 0 Å². The molecule has 2 rings (SSSR count). The van der Waals surface area contributed by atoms with Crippen molar-refractivity contribution in [2.45, 2.75) is 31.1 Å². The summed E-state index contributed by atoms with van der Waals surface area (Å²) >= 11 is 0. The standard InChI is InChI=1S/C20H26N2O4S/c1-2-22-27(24,25)19-12-10-17(11-13-19)14-15-21-20(23)9-6-16-26-18-7-4-3-5-8-18/h3-5,7-8,10-13,22H,2,6,9,14-16H2,1H3,(H,21,23). The maximum Gasteiger partial charge on any atom is 0.240 e. The van der Waals surface area contributed by atoms with Gasteiger partial charge in [-0.05, 0) is 42.7 Å².